The zero-order valence-corrected chi connectivity index (χ0v) is 20.8. The van der Waals surface area contributed by atoms with Crippen molar-refractivity contribution in [2.75, 3.05) is 35.5 Å². The average Bonchev–Trinajstić information content (AvgIpc) is 2.91. The van der Waals surface area contributed by atoms with Crippen molar-refractivity contribution < 1.29 is 32.9 Å². The number of hydrogen-bond acceptors (Lipinski definition) is 7. The molecule has 0 aromatic heterocycles. The fraction of sp³-hybridized carbons (Fsp3) is 0.214. The lowest BCUT2D eigenvalue weighted by Gasteiger charge is -2.13. The highest BCUT2D eigenvalue weighted by molar-refractivity contribution is 6.04. The Morgan fingerprint density at radius 2 is 1.36 bits per heavy atom. The molecular weight excluding hydrogens is 465 g/mol. The maximum Gasteiger partial charge on any atom is 0.203 e. The fourth-order valence-corrected chi connectivity index (χ4v) is 3.51. The Morgan fingerprint density at radius 3 is 1.89 bits per heavy atom. The van der Waals surface area contributed by atoms with Crippen LogP contribution in [0.4, 0.5) is 10.1 Å². The predicted molar refractivity (Wildman–Crippen MR) is 138 cm³/mol. The molecule has 0 heterocycles. The van der Waals surface area contributed by atoms with Gasteiger partial charge in [0.2, 0.25) is 5.75 Å². The molecule has 0 aliphatic heterocycles. The molecule has 0 aliphatic rings. The summed E-state index contributed by atoms with van der Waals surface area (Å²) in [6.45, 7) is 0. The number of carbonyl (C=O) groups excluding carboxylic acids is 1. The molecule has 3 rings (SSSR count). The number of hydrogen-bond donors (Lipinski definition) is 0. The van der Waals surface area contributed by atoms with E-state index in [1.54, 1.807) is 61.7 Å². The SMILES string of the molecule is COc1ccc(C(=O)CC=Nc2cc(/C=C\c3cc(OC)c(OC)c(OC)c3)cc(F)c2OC)cc1. The van der Waals surface area contributed by atoms with E-state index < -0.39 is 5.82 Å². The highest BCUT2D eigenvalue weighted by Crippen LogP contribution is 2.39. The van der Waals surface area contributed by atoms with Crippen LogP contribution < -0.4 is 23.7 Å². The molecule has 3 aromatic carbocycles. The number of rotatable bonds is 11. The number of Topliss-reactive ketones (excluding diaryl/α,β-unsaturated/α-hetero) is 1. The van der Waals surface area contributed by atoms with Crippen LogP contribution in [0.2, 0.25) is 0 Å². The van der Waals surface area contributed by atoms with Gasteiger partial charge in [0.05, 0.1) is 35.5 Å². The lowest BCUT2D eigenvalue weighted by molar-refractivity contribution is 0.100. The highest BCUT2D eigenvalue weighted by atomic mass is 19.1. The van der Waals surface area contributed by atoms with Crippen LogP contribution >= 0.6 is 0 Å². The molecule has 0 radical (unpaired) electrons. The van der Waals surface area contributed by atoms with Crippen molar-refractivity contribution in [3.05, 3.63) is 71.0 Å². The van der Waals surface area contributed by atoms with Gasteiger partial charge in [-0.2, -0.15) is 0 Å². The first kappa shape index (κ1) is 26.3. The predicted octanol–water partition coefficient (Wildman–Crippen LogP) is 6.01. The molecule has 0 N–H and O–H groups in total. The van der Waals surface area contributed by atoms with Crippen LogP contribution in [0.3, 0.4) is 0 Å². The Bertz CT molecular complexity index is 1240. The van der Waals surface area contributed by atoms with Crippen LogP contribution in [0.15, 0.2) is 53.5 Å². The zero-order valence-electron chi connectivity index (χ0n) is 20.8. The van der Waals surface area contributed by atoms with E-state index in [1.165, 1.54) is 40.7 Å². The van der Waals surface area contributed by atoms with Crippen molar-refractivity contribution >= 4 is 29.8 Å². The van der Waals surface area contributed by atoms with Crippen molar-refractivity contribution in [1.29, 1.82) is 0 Å². The van der Waals surface area contributed by atoms with Crippen molar-refractivity contribution in [2.45, 2.75) is 6.42 Å². The maximum absolute atomic E-state index is 14.7. The second kappa shape index (κ2) is 12.4. The fourth-order valence-electron chi connectivity index (χ4n) is 3.51. The summed E-state index contributed by atoms with van der Waals surface area (Å²) >= 11 is 0. The van der Waals surface area contributed by atoms with Crippen molar-refractivity contribution in [3.63, 3.8) is 0 Å². The third-order valence-electron chi connectivity index (χ3n) is 5.32. The number of halogens is 1. The van der Waals surface area contributed by atoms with E-state index in [2.05, 4.69) is 4.99 Å². The van der Waals surface area contributed by atoms with Gasteiger partial charge in [0.15, 0.2) is 28.8 Å². The molecule has 0 bridgehead atoms. The number of ketones is 1. The first-order valence-corrected chi connectivity index (χ1v) is 11.0. The first-order chi connectivity index (χ1) is 17.4. The van der Waals surface area contributed by atoms with Crippen LogP contribution in [-0.2, 0) is 0 Å². The number of ether oxygens (including phenoxy) is 5. The molecule has 188 valence electrons. The van der Waals surface area contributed by atoms with E-state index in [9.17, 15) is 9.18 Å². The summed E-state index contributed by atoms with van der Waals surface area (Å²) in [7, 11) is 7.53. The van der Waals surface area contributed by atoms with Crippen LogP contribution in [0, 0.1) is 5.82 Å². The molecule has 0 spiro atoms. The monoisotopic (exact) mass is 493 g/mol. The molecule has 0 fully saturated rings. The van der Waals surface area contributed by atoms with Gasteiger partial charge in [-0.25, -0.2) is 4.39 Å². The van der Waals surface area contributed by atoms with Crippen LogP contribution in [0.25, 0.3) is 12.2 Å². The van der Waals surface area contributed by atoms with Crippen molar-refractivity contribution in [2.24, 2.45) is 4.99 Å². The van der Waals surface area contributed by atoms with E-state index in [0.29, 0.717) is 34.1 Å². The van der Waals surface area contributed by atoms with Gasteiger partial charge < -0.3 is 23.7 Å². The quantitative estimate of drug-likeness (QED) is 0.185. The van der Waals surface area contributed by atoms with Crippen molar-refractivity contribution in [1.82, 2.24) is 0 Å². The number of methoxy groups -OCH3 is 5. The molecule has 0 amide bonds. The number of aliphatic imine (C=N–C) groups is 1. The molecule has 7 nitrogen and oxygen atoms in total. The third-order valence-corrected chi connectivity index (χ3v) is 5.32. The lowest BCUT2D eigenvalue weighted by Crippen LogP contribution is -1.99. The first-order valence-electron chi connectivity index (χ1n) is 11.0. The summed E-state index contributed by atoms with van der Waals surface area (Å²) in [6.07, 6.45) is 5.00. The smallest absolute Gasteiger partial charge is 0.203 e. The minimum Gasteiger partial charge on any atom is -0.497 e. The maximum atomic E-state index is 14.7. The molecule has 0 aliphatic carbocycles. The van der Waals surface area contributed by atoms with Gasteiger partial charge in [0, 0.05) is 18.2 Å². The summed E-state index contributed by atoms with van der Waals surface area (Å²) in [5.74, 6) is 1.45. The molecule has 8 heteroatoms. The minimum atomic E-state index is -0.571. The number of benzene rings is 3. The van der Waals surface area contributed by atoms with Gasteiger partial charge in [-0.15, -0.1) is 0 Å². The molecule has 0 atom stereocenters. The molecular formula is C28H28FNO6. The van der Waals surface area contributed by atoms with Gasteiger partial charge in [0.25, 0.3) is 0 Å². The minimum absolute atomic E-state index is 0.00641. The molecule has 3 aromatic rings. The van der Waals surface area contributed by atoms with Crippen molar-refractivity contribution in [3.8, 4) is 28.7 Å². The van der Waals surface area contributed by atoms with E-state index in [4.69, 9.17) is 23.7 Å². The summed E-state index contributed by atoms with van der Waals surface area (Å²) in [5.41, 5.74) is 2.11. The third kappa shape index (κ3) is 6.21. The van der Waals surface area contributed by atoms with Gasteiger partial charge in [-0.3, -0.25) is 9.79 Å². The van der Waals surface area contributed by atoms with Crippen LogP contribution in [0.1, 0.15) is 27.9 Å². The lowest BCUT2D eigenvalue weighted by atomic mass is 10.1. The highest BCUT2D eigenvalue weighted by Gasteiger charge is 2.13. The number of carbonyl (C=O) groups is 1. The molecule has 0 saturated heterocycles. The van der Waals surface area contributed by atoms with Gasteiger partial charge in [0.1, 0.15) is 11.4 Å². The Kier molecular flexibility index (Phi) is 9.05. The average molecular weight is 494 g/mol. The molecule has 36 heavy (non-hydrogen) atoms. The van der Waals surface area contributed by atoms with E-state index >= 15 is 0 Å². The summed E-state index contributed by atoms with van der Waals surface area (Å²) in [4.78, 5) is 16.8. The summed E-state index contributed by atoms with van der Waals surface area (Å²) in [5, 5.41) is 0. The van der Waals surface area contributed by atoms with E-state index in [1.807, 2.05) is 0 Å². The summed E-state index contributed by atoms with van der Waals surface area (Å²) < 4.78 is 41.1. The van der Waals surface area contributed by atoms with Gasteiger partial charge >= 0.3 is 0 Å². The Labute approximate surface area is 209 Å². The van der Waals surface area contributed by atoms with E-state index in [0.717, 1.165) is 5.56 Å². The van der Waals surface area contributed by atoms with E-state index in [-0.39, 0.29) is 23.6 Å². The second-order valence-corrected chi connectivity index (χ2v) is 7.51. The Balaban J connectivity index is 1.83. The second-order valence-electron chi connectivity index (χ2n) is 7.51. The molecule has 0 saturated carbocycles. The van der Waals surface area contributed by atoms with Gasteiger partial charge in [-0.1, -0.05) is 12.2 Å². The summed E-state index contributed by atoms with van der Waals surface area (Å²) in [6, 6.07) is 13.4. The molecule has 0 unspecified atom stereocenters. The zero-order chi connectivity index (χ0) is 26.1. The number of nitrogens with zero attached hydrogens (tertiary/aromatic N) is 1. The van der Waals surface area contributed by atoms with Crippen LogP contribution in [-0.4, -0.2) is 47.5 Å². The standard InChI is InChI=1S/C28H28FNO6/c1-32-21-10-8-20(9-11-21)24(31)12-13-30-23-15-18(14-22(29)27(23)35-4)6-7-19-16-25(33-2)28(36-5)26(17-19)34-3/h6-11,13-17H,12H2,1-5H3/b7-6-,30-13?. The topological polar surface area (TPSA) is 75.6 Å². The Morgan fingerprint density at radius 1 is 0.778 bits per heavy atom. The van der Waals surface area contributed by atoms with Crippen LogP contribution in [0.5, 0.6) is 28.7 Å². The Hall–Kier alpha value is -4.33. The largest absolute Gasteiger partial charge is 0.497 e. The van der Waals surface area contributed by atoms with Gasteiger partial charge in [-0.05, 0) is 59.7 Å². The normalized spacial score (nSPS) is 11.1.